The molecule has 0 bridgehead atoms. The zero-order valence-corrected chi connectivity index (χ0v) is 14.1. The van der Waals surface area contributed by atoms with E-state index in [1.165, 1.54) is 37.1 Å². The van der Waals surface area contributed by atoms with E-state index in [0.717, 1.165) is 19.0 Å². The summed E-state index contributed by atoms with van der Waals surface area (Å²) in [4.78, 5) is 6.79. The van der Waals surface area contributed by atoms with Crippen LogP contribution in [0.2, 0.25) is 0 Å². The van der Waals surface area contributed by atoms with E-state index in [1.54, 1.807) is 0 Å². The fraction of sp³-hybridized carbons (Fsp3) is 0.450. The Bertz CT molecular complexity index is 623. The Morgan fingerprint density at radius 2 is 1.88 bits per heavy atom. The second-order valence-corrected chi connectivity index (χ2v) is 7.04. The van der Waals surface area contributed by atoms with Crippen molar-refractivity contribution in [3.8, 4) is 0 Å². The molecule has 2 unspecified atom stereocenters. The predicted molar refractivity (Wildman–Crippen MR) is 96.3 cm³/mol. The van der Waals surface area contributed by atoms with Crippen molar-refractivity contribution in [2.24, 2.45) is 5.92 Å². The number of hydrogen-bond acceptors (Lipinski definition) is 4. The van der Waals surface area contributed by atoms with Gasteiger partial charge in [0.15, 0.2) is 0 Å². The lowest BCUT2D eigenvalue weighted by Crippen LogP contribution is -2.44. The minimum atomic E-state index is 0.549. The van der Waals surface area contributed by atoms with Crippen molar-refractivity contribution in [2.75, 3.05) is 19.6 Å². The molecule has 2 saturated heterocycles. The zero-order valence-electron chi connectivity index (χ0n) is 14.1. The van der Waals surface area contributed by atoms with Crippen molar-refractivity contribution in [2.45, 2.75) is 31.3 Å². The third-order valence-electron chi connectivity index (χ3n) is 5.52. The first-order chi connectivity index (χ1) is 11.9. The first-order valence-electron chi connectivity index (χ1n) is 9.05. The maximum Gasteiger partial charge on any atom is 0.0323 e. The number of hydrogen-bond donors (Lipinski definition) is 2. The highest BCUT2D eigenvalue weighted by Crippen LogP contribution is 2.32. The van der Waals surface area contributed by atoms with E-state index >= 15 is 0 Å². The normalized spacial score (nSPS) is 25.8. The van der Waals surface area contributed by atoms with Crippen LogP contribution in [0.1, 0.15) is 29.9 Å². The van der Waals surface area contributed by atoms with Gasteiger partial charge in [-0.2, -0.15) is 0 Å². The molecule has 2 atom stereocenters. The first kappa shape index (κ1) is 15.8. The highest BCUT2D eigenvalue weighted by atomic mass is 15.4. The molecule has 2 aliphatic rings. The van der Waals surface area contributed by atoms with Gasteiger partial charge in [-0.15, -0.1) is 0 Å². The lowest BCUT2D eigenvalue weighted by molar-refractivity contribution is 0.152. The summed E-state index contributed by atoms with van der Waals surface area (Å²) in [7, 11) is 0. The maximum absolute atomic E-state index is 4.23. The van der Waals surface area contributed by atoms with Crippen LogP contribution in [0.4, 0.5) is 0 Å². The number of pyridine rings is 1. The number of hydrazine groups is 1. The lowest BCUT2D eigenvalue weighted by atomic mass is 9.80. The van der Waals surface area contributed by atoms with Gasteiger partial charge in [-0.1, -0.05) is 36.4 Å². The van der Waals surface area contributed by atoms with Gasteiger partial charge in [-0.25, -0.2) is 0 Å². The number of aromatic nitrogens is 1. The van der Waals surface area contributed by atoms with Gasteiger partial charge in [-0.3, -0.25) is 20.7 Å². The van der Waals surface area contributed by atoms with Crippen LogP contribution < -0.4 is 10.9 Å². The van der Waals surface area contributed by atoms with Crippen molar-refractivity contribution in [1.29, 1.82) is 0 Å². The highest BCUT2D eigenvalue weighted by Gasteiger charge is 2.35. The third-order valence-corrected chi connectivity index (χ3v) is 5.52. The summed E-state index contributed by atoms with van der Waals surface area (Å²) in [5.41, 5.74) is 9.73. The molecule has 1 aromatic carbocycles. The Morgan fingerprint density at radius 3 is 2.62 bits per heavy atom. The van der Waals surface area contributed by atoms with Crippen molar-refractivity contribution in [3.05, 3.63) is 66.0 Å². The van der Waals surface area contributed by atoms with Crippen LogP contribution in [-0.4, -0.2) is 35.6 Å². The molecule has 4 rings (SSSR count). The zero-order chi connectivity index (χ0) is 16.2. The largest absolute Gasteiger partial charge is 0.299 e. The average molecular weight is 322 g/mol. The number of likely N-dealkylation sites (tertiary alicyclic amines) is 1. The second-order valence-electron chi connectivity index (χ2n) is 7.04. The topological polar surface area (TPSA) is 40.2 Å². The van der Waals surface area contributed by atoms with Gasteiger partial charge >= 0.3 is 0 Å². The summed E-state index contributed by atoms with van der Waals surface area (Å²) in [5, 5.41) is 0. The molecule has 1 aromatic heterocycles. The first-order valence-corrected chi connectivity index (χ1v) is 9.05. The fourth-order valence-corrected chi connectivity index (χ4v) is 4.21. The molecule has 3 heterocycles. The summed E-state index contributed by atoms with van der Waals surface area (Å²) >= 11 is 0. The molecular formula is C20H26N4. The van der Waals surface area contributed by atoms with Crippen LogP contribution in [-0.2, 0) is 6.54 Å². The van der Waals surface area contributed by atoms with Gasteiger partial charge in [0, 0.05) is 37.4 Å². The summed E-state index contributed by atoms with van der Waals surface area (Å²) in [6.07, 6.45) is 6.37. The number of benzene rings is 1. The molecule has 0 radical (unpaired) electrons. The van der Waals surface area contributed by atoms with Crippen LogP contribution in [0.25, 0.3) is 0 Å². The third kappa shape index (κ3) is 3.51. The van der Waals surface area contributed by atoms with Gasteiger partial charge in [0.25, 0.3) is 0 Å². The number of nitrogens with one attached hydrogen (secondary N) is 2. The SMILES string of the molecule is c1ccc(C2CNNC2C2CCN(Cc3cccnc3)CC2)cc1. The van der Waals surface area contributed by atoms with E-state index in [0.29, 0.717) is 12.0 Å². The van der Waals surface area contributed by atoms with Crippen LogP contribution in [0.3, 0.4) is 0 Å². The van der Waals surface area contributed by atoms with Gasteiger partial charge in [0.1, 0.15) is 0 Å². The Hall–Kier alpha value is -1.75. The van der Waals surface area contributed by atoms with E-state index < -0.39 is 0 Å². The summed E-state index contributed by atoms with van der Waals surface area (Å²) in [6, 6.07) is 15.7. The number of piperidine rings is 1. The van der Waals surface area contributed by atoms with Crippen molar-refractivity contribution in [1.82, 2.24) is 20.7 Å². The molecule has 4 heteroatoms. The molecule has 4 nitrogen and oxygen atoms in total. The maximum atomic E-state index is 4.23. The standard InChI is InChI=1S/C20H26N4/c1-2-6-17(7-3-1)19-14-22-23-20(19)18-8-11-24(12-9-18)15-16-5-4-10-21-13-16/h1-7,10,13,18-20,22-23H,8-9,11-12,14-15H2. The Kier molecular flexibility index (Phi) is 4.88. The molecule has 24 heavy (non-hydrogen) atoms. The van der Waals surface area contributed by atoms with Crippen LogP contribution >= 0.6 is 0 Å². The second kappa shape index (κ2) is 7.43. The molecular weight excluding hydrogens is 296 g/mol. The predicted octanol–water partition coefficient (Wildman–Crippen LogP) is 2.55. The molecule has 126 valence electrons. The lowest BCUT2D eigenvalue weighted by Gasteiger charge is -2.36. The quantitative estimate of drug-likeness (QED) is 0.908. The highest BCUT2D eigenvalue weighted by molar-refractivity contribution is 5.23. The monoisotopic (exact) mass is 322 g/mol. The van der Waals surface area contributed by atoms with Crippen molar-refractivity contribution >= 4 is 0 Å². The molecule has 2 aliphatic heterocycles. The van der Waals surface area contributed by atoms with Gasteiger partial charge < -0.3 is 0 Å². The smallest absolute Gasteiger partial charge is 0.0323 e. The van der Waals surface area contributed by atoms with Crippen molar-refractivity contribution in [3.63, 3.8) is 0 Å². The van der Waals surface area contributed by atoms with Crippen LogP contribution in [0.15, 0.2) is 54.9 Å². The molecule has 0 aliphatic carbocycles. The van der Waals surface area contributed by atoms with Crippen molar-refractivity contribution < 1.29 is 0 Å². The molecule has 0 spiro atoms. The molecule has 2 fully saturated rings. The van der Waals surface area contributed by atoms with E-state index in [2.05, 4.69) is 57.1 Å². The fourth-order valence-electron chi connectivity index (χ4n) is 4.21. The van der Waals surface area contributed by atoms with E-state index in [-0.39, 0.29) is 0 Å². The molecule has 2 aromatic rings. The minimum absolute atomic E-state index is 0.549. The van der Waals surface area contributed by atoms with E-state index in [9.17, 15) is 0 Å². The molecule has 0 saturated carbocycles. The Labute approximate surface area is 144 Å². The minimum Gasteiger partial charge on any atom is -0.299 e. The summed E-state index contributed by atoms with van der Waals surface area (Å²) in [6.45, 7) is 4.42. The Balaban J connectivity index is 1.35. The van der Waals surface area contributed by atoms with E-state index in [1.807, 2.05) is 18.5 Å². The number of rotatable bonds is 4. The Morgan fingerprint density at radius 1 is 1.04 bits per heavy atom. The van der Waals surface area contributed by atoms with Crippen LogP contribution in [0.5, 0.6) is 0 Å². The molecule has 2 N–H and O–H groups in total. The van der Waals surface area contributed by atoms with Crippen LogP contribution in [0, 0.1) is 5.92 Å². The summed E-state index contributed by atoms with van der Waals surface area (Å²) in [5.74, 6) is 1.33. The number of nitrogens with zero attached hydrogens (tertiary/aromatic N) is 2. The van der Waals surface area contributed by atoms with Gasteiger partial charge in [0.2, 0.25) is 0 Å². The summed E-state index contributed by atoms with van der Waals surface area (Å²) < 4.78 is 0. The van der Waals surface area contributed by atoms with Gasteiger partial charge in [0.05, 0.1) is 0 Å². The van der Waals surface area contributed by atoms with E-state index in [4.69, 9.17) is 0 Å². The average Bonchev–Trinajstić information content (AvgIpc) is 3.14. The van der Waals surface area contributed by atoms with Gasteiger partial charge in [-0.05, 0) is 49.0 Å². The molecule has 0 amide bonds.